The third-order valence-corrected chi connectivity index (χ3v) is 4.35. The molecule has 1 saturated carbocycles. The number of rotatable bonds is 2. The molecule has 1 heterocycles. The highest BCUT2D eigenvalue weighted by molar-refractivity contribution is 6.26. The Hall–Kier alpha value is 0.210. The van der Waals surface area contributed by atoms with Gasteiger partial charge >= 0.3 is 0 Å². The van der Waals surface area contributed by atoms with Gasteiger partial charge in [-0.1, -0.05) is 6.42 Å². The largest absolute Gasteiger partial charge is 0.387 e. The van der Waals surface area contributed by atoms with Crippen molar-refractivity contribution in [3.63, 3.8) is 0 Å². The summed E-state index contributed by atoms with van der Waals surface area (Å²) in [5, 5.41) is 13.7. The van der Waals surface area contributed by atoms with Gasteiger partial charge in [0.2, 0.25) is 0 Å². The van der Waals surface area contributed by atoms with Gasteiger partial charge in [0.05, 0.1) is 10.5 Å². The quantitative estimate of drug-likeness (QED) is 0.669. The molecule has 0 aromatic rings. The van der Waals surface area contributed by atoms with Gasteiger partial charge in [-0.3, -0.25) is 0 Å². The van der Waals surface area contributed by atoms with Gasteiger partial charge in [0, 0.05) is 6.04 Å². The minimum absolute atomic E-state index is 0.196. The normalized spacial score (nSPS) is 36.7. The lowest BCUT2D eigenvalue weighted by Gasteiger charge is -2.39. The molecular formula is C10H18ClNO. The Morgan fingerprint density at radius 1 is 1.46 bits per heavy atom. The molecule has 1 saturated heterocycles. The monoisotopic (exact) mass is 203 g/mol. The zero-order valence-corrected chi connectivity index (χ0v) is 8.90. The second kappa shape index (κ2) is 3.11. The van der Waals surface area contributed by atoms with E-state index in [4.69, 9.17) is 11.6 Å². The summed E-state index contributed by atoms with van der Waals surface area (Å²) in [6.07, 6.45) is 5.41. The highest BCUT2D eigenvalue weighted by Gasteiger charge is 2.58. The van der Waals surface area contributed by atoms with Crippen molar-refractivity contribution < 1.29 is 5.11 Å². The van der Waals surface area contributed by atoms with Crippen LogP contribution in [-0.2, 0) is 0 Å². The van der Waals surface area contributed by atoms with Crippen molar-refractivity contribution in [2.24, 2.45) is 0 Å². The highest BCUT2D eigenvalue weighted by Crippen LogP contribution is 2.52. The molecule has 0 bridgehead atoms. The van der Waals surface area contributed by atoms with Crippen LogP contribution in [0.3, 0.4) is 0 Å². The Kier molecular flexibility index (Phi) is 2.33. The van der Waals surface area contributed by atoms with Gasteiger partial charge in [0.25, 0.3) is 0 Å². The minimum atomic E-state index is -0.727. The van der Waals surface area contributed by atoms with Crippen molar-refractivity contribution in [3.05, 3.63) is 0 Å². The molecule has 0 radical (unpaired) electrons. The smallest absolute Gasteiger partial charge is 0.0962 e. The Balaban J connectivity index is 2.04. The Morgan fingerprint density at radius 2 is 2.15 bits per heavy atom. The molecule has 2 unspecified atom stereocenters. The van der Waals surface area contributed by atoms with Crippen LogP contribution >= 0.6 is 11.6 Å². The zero-order chi connectivity index (χ0) is 9.53. The van der Waals surface area contributed by atoms with Crippen LogP contribution in [0.4, 0.5) is 0 Å². The van der Waals surface area contributed by atoms with Crippen LogP contribution in [0.15, 0.2) is 0 Å². The maximum Gasteiger partial charge on any atom is 0.0962 e. The molecule has 0 spiro atoms. The van der Waals surface area contributed by atoms with E-state index in [-0.39, 0.29) is 10.9 Å². The van der Waals surface area contributed by atoms with Crippen molar-refractivity contribution in [2.45, 2.75) is 55.5 Å². The van der Waals surface area contributed by atoms with Crippen LogP contribution in [0.5, 0.6) is 0 Å². The number of piperidine rings is 1. The van der Waals surface area contributed by atoms with E-state index in [2.05, 4.69) is 5.32 Å². The molecule has 2 N–H and O–H groups in total. The fraction of sp³-hybridized carbons (Fsp3) is 1.00. The van der Waals surface area contributed by atoms with Crippen molar-refractivity contribution in [1.82, 2.24) is 5.32 Å². The lowest BCUT2D eigenvalue weighted by Crippen LogP contribution is -2.57. The summed E-state index contributed by atoms with van der Waals surface area (Å²) in [6, 6.07) is 0.196. The Labute approximate surface area is 84.7 Å². The summed E-state index contributed by atoms with van der Waals surface area (Å²) >= 11 is 6.28. The highest BCUT2D eigenvalue weighted by atomic mass is 35.5. The second-order valence-electron chi connectivity index (χ2n) is 4.62. The van der Waals surface area contributed by atoms with E-state index >= 15 is 0 Å². The first-order valence-corrected chi connectivity index (χ1v) is 5.59. The summed E-state index contributed by atoms with van der Waals surface area (Å²) in [5.41, 5.74) is -0.727. The molecule has 13 heavy (non-hydrogen) atoms. The summed E-state index contributed by atoms with van der Waals surface area (Å²) in [5.74, 6) is 0. The third-order valence-electron chi connectivity index (χ3n) is 3.58. The lowest BCUT2D eigenvalue weighted by molar-refractivity contribution is -0.000860. The van der Waals surface area contributed by atoms with Crippen molar-refractivity contribution in [3.8, 4) is 0 Å². The summed E-state index contributed by atoms with van der Waals surface area (Å²) < 4.78 is 0. The van der Waals surface area contributed by atoms with Gasteiger partial charge < -0.3 is 10.4 Å². The topological polar surface area (TPSA) is 32.3 Å². The van der Waals surface area contributed by atoms with Crippen LogP contribution < -0.4 is 5.32 Å². The molecule has 2 aliphatic rings. The predicted octanol–water partition coefficient (Wildman–Crippen LogP) is 1.65. The minimum Gasteiger partial charge on any atom is -0.387 e. The SMILES string of the molecule is CC(O)(C1CCCCN1)C1(Cl)CC1. The predicted molar refractivity (Wildman–Crippen MR) is 54.1 cm³/mol. The molecule has 2 atom stereocenters. The molecule has 2 fully saturated rings. The number of halogens is 1. The molecule has 1 aliphatic carbocycles. The van der Waals surface area contributed by atoms with E-state index < -0.39 is 5.60 Å². The zero-order valence-electron chi connectivity index (χ0n) is 8.15. The number of hydrogen-bond donors (Lipinski definition) is 2. The first-order valence-electron chi connectivity index (χ1n) is 5.21. The molecule has 1 aliphatic heterocycles. The summed E-state index contributed by atoms with van der Waals surface area (Å²) in [6.45, 7) is 2.91. The van der Waals surface area contributed by atoms with E-state index in [9.17, 15) is 5.11 Å². The Bertz CT molecular complexity index is 195. The molecule has 3 heteroatoms. The maximum absolute atomic E-state index is 10.3. The van der Waals surface area contributed by atoms with Crippen molar-refractivity contribution in [2.75, 3.05) is 6.54 Å². The van der Waals surface area contributed by atoms with Gasteiger partial charge in [-0.2, -0.15) is 0 Å². The average molecular weight is 204 g/mol. The van der Waals surface area contributed by atoms with Crippen LogP contribution in [-0.4, -0.2) is 28.2 Å². The van der Waals surface area contributed by atoms with E-state index in [1.807, 2.05) is 6.92 Å². The van der Waals surface area contributed by atoms with E-state index in [0.29, 0.717) is 0 Å². The molecule has 0 aromatic carbocycles. The van der Waals surface area contributed by atoms with E-state index in [1.165, 1.54) is 12.8 Å². The van der Waals surface area contributed by atoms with Crippen LogP contribution in [0, 0.1) is 0 Å². The third kappa shape index (κ3) is 1.60. The van der Waals surface area contributed by atoms with Crippen LogP contribution in [0.1, 0.15) is 39.0 Å². The van der Waals surface area contributed by atoms with Gasteiger partial charge in [0.15, 0.2) is 0 Å². The Morgan fingerprint density at radius 3 is 2.62 bits per heavy atom. The summed E-state index contributed by atoms with van der Waals surface area (Å²) in [4.78, 5) is -0.331. The van der Waals surface area contributed by atoms with E-state index in [1.54, 1.807) is 0 Å². The molecular weight excluding hydrogens is 186 g/mol. The fourth-order valence-electron chi connectivity index (χ4n) is 2.26. The van der Waals surface area contributed by atoms with Gasteiger partial charge in [-0.05, 0) is 39.2 Å². The van der Waals surface area contributed by atoms with Crippen molar-refractivity contribution in [1.29, 1.82) is 0 Å². The van der Waals surface area contributed by atoms with Gasteiger partial charge in [0.1, 0.15) is 0 Å². The molecule has 0 aromatic heterocycles. The molecule has 2 rings (SSSR count). The first kappa shape index (κ1) is 9.75. The van der Waals surface area contributed by atoms with Crippen LogP contribution in [0.25, 0.3) is 0 Å². The number of hydrogen-bond acceptors (Lipinski definition) is 2. The second-order valence-corrected chi connectivity index (χ2v) is 5.34. The lowest BCUT2D eigenvalue weighted by atomic mass is 9.85. The molecule has 0 amide bonds. The maximum atomic E-state index is 10.3. The number of nitrogens with one attached hydrogen (secondary N) is 1. The fourth-order valence-corrected chi connectivity index (χ4v) is 2.49. The van der Waals surface area contributed by atoms with E-state index in [0.717, 1.165) is 25.8 Å². The standard InChI is InChI=1S/C10H18ClNO/c1-9(13,10(11)5-6-10)8-4-2-3-7-12-8/h8,12-13H,2-7H2,1H3. The van der Waals surface area contributed by atoms with Gasteiger partial charge in [-0.25, -0.2) is 0 Å². The molecule has 76 valence electrons. The molecule has 2 nitrogen and oxygen atoms in total. The average Bonchev–Trinajstić information content (AvgIpc) is 2.87. The first-order chi connectivity index (χ1) is 6.06. The van der Waals surface area contributed by atoms with Crippen molar-refractivity contribution >= 4 is 11.6 Å². The number of aliphatic hydroxyl groups is 1. The van der Waals surface area contributed by atoms with Gasteiger partial charge in [-0.15, -0.1) is 11.6 Å². The van der Waals surface area contributed by atoms with Crippen LogP contribution in [0.2, 0.25) is 0 Å². The number of alkyl halides is 1. The summed E-state index contributed by atoms with van der Waals surface area (Å²) in [7, 11) is 0.